The molecule has 3 nitrogen and oxygen atoms in total. The summed E-state index contributed by atoms with van der Waals surface area (Å²) in [4.78, 5) is 16.1. The van der Waals surface area contributed by atoms with Crippen LogP contribution in [0.4, 0.5) is 11.4 Å². The number of hydrogen-bond donors (Lipinski definition) is 0. The topological polar surface area (TPSA) is 29.5 Å². The number of ether oxygens (including phenoxy) is 1. The van der Waals surface area contributed by atoms with Gasteiger partial charge in [-0.3, -0.25) is 9.69 Å². The Bertz CT molecular complexity index is 1250. The van der Waals surface area contributed by atoms with Gasteiger partial charge in [0.1, 0.15) is 11.4 Å². The first-order valence-electron chi connectivity index (χ1n) is 11.8. The lowest BCUT2D eigenvalue weighted by Gasteiger charge is -2.34. The molecule has 2 aliphatic rings. The lowest BCUT2D eigenvalue weighted by molar-refractivity contribution is -0.120. The molecule has 2 heterocycles. The fourth-order valence-electron chi connectivity index (χ4n) is 5.20. The molecule has 2 aliphatic heterocycles. The molecule has 0 aromatic heterocycles. The Labute approximate surface area is 201 Å². The molecule has 170 valence electrons. The van der Waals surface area contributed by atoms with Gasteiger partial charge in [-0.25, -0.2) is 0 Å². The normalized spacial score (nSPS) is 20.9. The highest BCUT2D eigenvalue weighted by molar-refractivity contribution is 6.31. The molecule has 0 N–H and O–H groups in total. The number of fused-ring (bicyclic) bond motifs is 2. The van der Waals surface area contributed by atoms with E-state index in [0.717, 1.165) is 59.5 Å². The molecule has 0 fully saturated rings. The Hall–Kier alpha value is -2.78. The molecule has 0 spiro atoms. The van der Waals surface area contributed by atoms with E-state index in [1.807, 2.05) is 54.3 Å². The van der Waals surface area contributed by atoms with Gasteiger partial charge in [-0.15, -0.1) is 0 Å². The van der Waals surface area contributed by atoms with E-state index in [1.54, 1.807) is 0 Å². The number of carbonyl (C=O) groups is 1. The summed E-state index contributed by atoms with van der Waals surface area (Å²) in [6.45, 7) is 8.43. The van der Waals surface area contributed by atoms with Gasteiger partial charge in [0.2, 0.25) is 5.91 Å². The zero-order chi connectivity index (χ0) is 23.4. The van der Waals surface area contributed by atoms with E-state index in [2.05, 4.69) is 39.0 Å². The van der Waals surface area contributed by atoms with Gasteiger partial charge in [0.15, 0.2) is 0 Å². The second kappa shape index (κ2) is 7.92. The van der Waals surface area contributed by atoms with E-state index in [0.29, 0.717) is 5.02 Å². The lowest BCUT2D eigenvalue weighted by atomic mass is 9.76. The fraction of sp³-hybridized carbons (Fsp3) is 0.345. The molecule has 0 saturated carbocycles. The molecule has 0 radical (unpaired) electrons. The van der Waals surface area contributed by atoms with Crippen molar-refractivity contribution in [2.24, 2.45) is 0 Å². The van der Waals surface area contributed by atoms with E-state index < -0.39 is 5.41 Å². The largest absolute Gasteiger partial charge is 0.488 e. The number of benzene rings is 3. The minimum atomic E-state index is -0.830. The summed E-state index contributed by atoms with van der Waals surface area (Å²) in [5, 5.41) is 0.636. The van der Waals surface area contributed by atoms with Gasteiger partial charge in [-0.1, -0.05) is 49.2 Å². The zero-order valence-electron chi connectivity index (χ0n) is 19.7. The quantitative estimate of drug-likeness (QED) is 0.407. The molecule has 0 aliphatic carbocycles. The van der Waals surface area contributed by atoms with Crippen LogP contribution < -0.4 is 9.64 Å². The summed E-state index contributed by atoms with van der Waals surface area (Å²) in [6.07, 6.45) is 3.94. The Balaban J connectivity index is 1.64. The van der Waals surface area contributed by atoms with Gasteiger partial charge in [0, 0.05) is 10.7 Å². The maximum atomic E-state index is 14.2. The summed E-state index contributed by atoms with van der Waals surface area (Å²) < 4.78 is 6.20. The van der Waals surface area contributed by atoms with Crippen LogP contribution in [0.15, 0.2) is 60.7 Å². The summed E-state index contributed by atoms with van der Waals surface area (Å²) in [5.41, 5.74) is 5.12. The van der Waals surface area contributed by atoms with Crippen LogP contribution >= 0.6 is 11.6 Å². The number of halogens is 1. The van der Waals surface area contributed by atoms with Gasteiger partial charge in [0.05, 0.1) is 11.1 Å². The highest BCUT2D eigenvalue weighted by Gasteiger charge is 2.49. The Morgan fingerprint density at radius 2 is 1.85 bits per heavy atom. The van der Waals surface area contributed by atoms with Gasteiger partial charge in [-0.2, -0.15) is 0 Å². The number of aryl methyl sites for hydroxylation is 2. The second-order valence-corrected chi connectivity index (χ2v) is 10.5. The molecule has 0 bridgehead atoms. The monoisotopic (exact) mass is 459 g/mol. The maximum Gasteiger partial charge on any atom is 0.246 e. The third-order valence-corrected chi connectivity index (χ3v) is 7.33. The summed E-state index contributed by atoms with van der Waals surface area (Å²) in [7, 11) is 0. The predicted octanol–water partition coefficient (Wildman–Crippen LogP) is 7.38. The van der Waals surface area contributed by atoms with Crippen molar-refractivity contribution in [3.8, 4) is 5.75 Å². The van der Waals surface area contributed by atoms with Crippen LogP contribution in [-0.4, -0.2) is 11.5 Å². The van der Waals surface area contributed by atoms with Crippen molar-refractivity contribution in [2.45, 2.75) is 64.4 Å². The average molecular weight is 460 g/mol. The Morgan fingerprint density at radius 3 is 2.64 bits per heavy atom. The van der Waals surface area contributed by atoms with E-state index in [9.17, 15) is 4.79 Å². The van der Waals surface area contributed by atoms with Crippen LogP contribution in [0.2, 0.25) is 5.02 Å². The highest BCUT2D eigenvalue weighted by atomic mass is 35.5. The number of rotatable bonds is 4. The fourth-order valence-corrected chi connectivity index (χ4v) is 5.37. The van der Waals surface area contributed by atoms with Crippen molar-refractivity contribution in [3.63, 3.8) is 0 Å². The molecule has 1 unspecified atom stereocenters. The molecule has 4 heteroatoms. The molecule has 3 aromatic carbocycles. The molecule has 1 atom stereocenters. The third-order valence-electron chi connectivity index (χ3n) is 7.10. The molecule has 3 aromatic rings. The minimum Gasteiger partial charge on any atom is -0.488 e. The smallest absolute Gasteiger partial charge is 0.246 e. The lowest BCUT2D eigenvalue weighted by Crippen LogP contribution is -2.37. The predicted molar refractivity (Wildman–Crippen MR) is 135 cm³/mol. The summed E-state index contributed by atoms with van der Waals surface area (Å²) in [5.74, 6) is 0.963. The SMILES string of the molecule is CCCc1cccc(N2C(=O)C(C)(c3ccc4c(c3)CCC(C)(C)O4)c3cc(Cl)ccc32)c1. The molecular formula is C29H30ClNO2. The van der Waals surface area contributed by atoms with E-state index >= 15 is 0 Å². The van der Waals surface area contributed by atoms with Gasteiger partial charge in [0.25, 0.3) is 0 Å². The van der Waals surface area contributed by atoms with Crippen LogP contribution in [0.1, 0.15) is 62.8 Å². The molecular weight excluding hydrogens is 430 g/mol. The second-order valence-electron chi connectivity index (χ2n) is 10.0. The van der Waals surface area contributed by atoms with E-state index in [1.165, 1.54) is 5.56 Å². The average Bonchev–Trinajstić information content (AvgIpc) is 3.01. The van der Waals surface area contributed by atoms with Crippen LogP contribution in [-0.2, 0) is 23.1 Å². The summed E-state index contributed by atoms with van der Waals surface area (Å²) in [6, 6.07) is 20.3. The first-order chi connectivity index (χ1) is 15.7. The number of nitrogens with zero attached hydrogens (tertiary/aromatic N) is 1. The van der Waals surface area contributed by atoms with Gasteiger partial charge in [-0.05, 0) is 98.7 Å². The van der Waals surface area contributed by atoms with Crippen molar-refractivity contribution < 1.29 is 9.53 Å². The Morgan fingerprint density at radius 1 is 1.03 bits per heavy atom. The Kier molecular flexibility index (Phi) is 5.29. The van der Waals surface area contributed by atoms with Crippen molar-refractivity contribution in [1.82, 2.24) is 0 Å². The molecule has 5 rings (SSSR count). The van der Waals surface area contributed by atoms with Crippen molar-refractivity contribution in [2.75, 3.05) is 4.90 Å². The maximum absolute atomic E-state index is 14.2. The summed E-state index contributed by atoms with van der Waals surface area (Å²) >= 11 is 6.44. The highest BCUT2D eigenvalue weighted by Crippen LogP contribution is 2.50. The standard InChI is InChI=1S/C29H30ClNO2/c1-5-7-19-8-6-9-23(16-19)31-25-12-11-22(30)18-24(25)29(4,27(31)32)21-10-13-26-20(17-21)14-15-28(2,3)33-26/h6,8-13,16-18H,5,7,14-15H2,1-4H3. The van der Waals surface area contributed by atoms with Gasteiger partial charge >= 0.3 is 0 Å². The van der Waals surface area contributed by atoms with Crippen molar-refractivity contribution >= 4 is 28.9 Å². The van der Waals surface area contributed by atoms with Crippen LogP contribution in [0.25, 0.3) is 0 Å². The zero-order valence-corrected chi connectivity index (χ0v) is 20.5. The van der Waals surface area contributed by atoms with E-state index in [-0.39, 0.29) is 11.5 Å². The molecule has 1 amide bonds. The van der Waals surface area contributed by atoms with Crippen molar-refractivity contribution in [1.29, 1.82) is 0 Å². The van der Waals surface area contributed by atoms with Crippen LogP contribution in [0.5, 0.6) is 5.75 Å². The number of amides is 1. The first-order valence-corrected chi connectivity index (χ1v) is 12.2. The molecule has 33 heavy (non-hydrogen) atoms. The first kappa shape index (κ1) is 22.0. The van der Waals surface area contributed by atoms with Crippen molar-refractivity contribution in [3.05, 3.63) is 87.9 Å². The van der Waals surface area contributed by atoms with Crippen LogP contribution in [0.3, 0.4) is 0 Å². The van der Waals surface area contributed by atoms with E-state index in [4.69, 9.17) is 16.3 Å². The van der Waals surface area contributed by atoms with Gasteiger partial charge < -0.3 is 4.74 Å². The van der Waals surface area contributed by atoms with Crippen LogP contribution in [0, 0.1) is 0 Å². The number of carbonyl (C=O) groups excluding carboxylic acids is 1. The number of anilines is 2. The number of hydrogen-bond acceptors (Lipinski definition) is 2. The molecule has 0 saturated heterocycles. The third kappa shape index (κ3) is 3.63. The minimum absolute atomic E-state index is 0.0467.